The molecule has 0 N–H and O–H groups in total. The minimum atomic E-state index is 0.0666. The second-order valence-electron chi connectivity index (χ2n) is 7.58. The highest BCUT2D eigenvalue weighted by Crippen LogP contribution is 2.28. The number of likely N-dealkylation sites (tertiary alicyclic amines) is 1. The molecule has 3 aromatic rings. The molecule has 2 aromatic heterocycles. The van der Waals surface area contributed by atoms with Crippen LogP contribution in [0.3, 0.4) is 0 Å². The van der Waals surface area contributed by atoms with E-state index in [0.717, 1.165) is 43.9 Å². The van der Waals surface area contributed by atoms with Gasteiger partial charge in [0.05, 0.1) is 12.1 Å². The molecule has 0 spiro atoms. The number of amides is 1. The van der Waals surface area contributed by atoms with Gasteiger partial charge in [-0.2, -0.15) is 0 Å². The summed E-state index contributed by atoms with van der Waals surface area (Å²) in [4.78, 5) is 21.4. The first kappa shape index (κ1) is 19.2. The van der Waals surface area contributed by atoms with E-state index in [0.29, 0.717) is 18.0 Å². The molecule has 6 heteroatoms. The van der Waals surface area contributed by atoms with E-state index in [-0.39, 0.29) is 5.91 Å². The highest BCUT2D eigenvalue weighted by atomic mass is 16.5. The van der Waals surface area contributed by atoms with Gasteiger partial charge in [0.15, 0.2) is 0 Å². The summed E-state index contributed by atoms with van der Waals surface area (Å²) in [5, 5.41) is 3.92. The minimum Gasteiger partial charge on any atom is -0.364 e. The van der Waals surface area contributed by atoms with Crippen LogP contribution in [0, 0.1) is 0 Å². The number of anilines is 1. The summed E-state index contributed by atoms with van der Waals surface area (Å²) in [5.41, 5.74) is 2.86. The molecule has 29 heavy (non-hydrogen) atoms. The average Bonchev–Trinajstić information content (AvgIpc) is 3.15. The molecule has 1 fully saturated rings. The molecular formula is C23H26N4O2. The van der Waals surface area contributed by atoms with Gasteiger partial charge in [0, 0.05) is 32.4 Å². The van der Waals surface area contributed by atoms with E-state index >= 15 is 0 Å². The summed E-state index contributed by atoms with van der Waals surface area (Å²) in [5.74, 6) is 1.39. The molecule has 1 saturated heterocycles. The van der Waals surface area contributed by atoms with E-state index in [2.05, 4.69) is 40.5 Å². The maximum atomic E-state index is 13.0. The van der Waals surface area contributed by atoms with Crippen molar-refractivity contribution >= 4 is 11.7 Å². The molecule has 1 aromatic carbocycles. The standard InChI is InChI=1S/C23H26N4O2/c1-26(17-21-12-15-29-25-21)22-10-9-20(16-24-22)23(28)27-13-5-8-19(11-14-27)18-6-3-2-4-7-18/h2-4,6-7,9-10,12,15-16,19H,5,8,11,13-14,17H2,1H3/t19-/m0/s1. The maximum absolute atomic E-state index is 13.0. The topological polar surface area (TPSA) is 62.5 Å². The summed E-state index contributed by atoms with van der Waals surface area (Å²) in [6.45, 7) is 2.19. The number of hydrogen-bond donors (Lipinski definition) is 0. The molecule has 1 aliphatic rings. The Morgan fingerprint density at radius 1 is 1.14 bits per heavy atom. The number of pyridine rings is 1. The number of carbonyl (C=O) groups is 1. The molecule has 4 rings (SSSR count). The highest BCUT2D eigenvalue weighted by Gasteiger charge is 2.22. The van der Waals surface area contributed by atoms with E-state index in [1.165, 1.54) is 5.56 Å². The van der Waals surface area contributed by atoms with Crippen molar-refractivity contribution in [3.63, 3.8) is 0 Å². The second kappa shape index (κ2) is 8.90. The third-order valence-corrected chi connectivity index (χ3v) is 5.56. The van der Waals surface area contributed by atoms with Gasteiger partial charge in [-0.1, -0.05) is 35.5 Å². The number of benzene rings is 1. The Hall–Kier alpha value is -3.15. The zero-order valence-electron chi connectivity index (χ0n) is 16.7. The van der Waals surface area contributed by atoms with E-state index in [9.17, 15) is 4.79 Å². The third kappa shape index (κ3) is 4.65. The molecule has 0 bridgehead atoms. The molecule has 0 unspecified atom stereocenters. The molecule has 150 valence electrons. The van der Waals surface area contributed by atoms with E-state index < -0.39 is 0 Å². The number of carbonyl (C=O) groups excluding carboxylic acids is 1. The molecular weight excluding hydrogens is 364 g/mol. The quantitative estimate of drug-likeness (QED) is 0.656. The van der Waals surface area contributed by atoms with Crippen LogP contribution in [0.4, 0.5) is 5.82 Å². The Morgan fingerprint density at radius 2 is 2.00 bits per heavy atom. The van der Waals surface area contributed by atoms with Gasteiger partial charge in [0.25, 0.3) is 5.91 Å². The van der Waals surface area contributed by atoms with Gasteiger partial charge in [0.1, 0.15) is 17.8 Å². The fraction of sp³-hybridized carbons (Fsp3) is 0.348. The van der Waals surface area contributed by atoms with Gasteiger partial charge >= 0.3 is 0 Å². The van der Waals surface area contributed by atoms with Gasteiger partial charge in [-0.3, -0.25) is 4.79 Å². The maximum Gasteiger partial charge on any atom is 0.255 e. The largest absolute Gasteiger partial charge is 0.364 e. The van der Waals surface area contributed by atoms with Gasteiger partial charge in [0.2, 0.25) is 0 Å². The van der Waals surface area contributed by atoms with Crippen LogP contribution in [0.25, 0.3) is 0 Å². The monoisotopic (exact) mass is 390 g/mol. The van der Waals surface area contributed by atoms with Crippen molar-refractivity contribution in [2.24, 2.45) is 0 Å². The fourth-order valence-corrected chi connectivity index (χ4v) is 3.92. The van der Waals surface area contributed by atoms with Crippen LogP contribution in [0.1, 0.15) is 46.8 Å². The Morgan fingerprint density at radius 3 is 2.72 bits per heavy atom. The van der Waals surface area contributed by atoms with E-state index in [4.69, 9.17) is 4.52 Å². The van der Waals surface area contributed by atoms with Crippen LogP contribution >= 0.6 is 0 Å². The predicted octanol–water partition coefficient (Wildman–Crippen LogP) is 4.12. The minimum absolute atomic E-state index is 0.0666. The van der Waals surface area contributed by atoms with Gasteiger partial charge < -0.3 is 14.3 Å². The molecule has 0 saturated carbocycles. The Labute approximate surface area is 171 Å². The Bertz CT molecular complexity index is 910. The summed E-state index contributed by atoms with van der Waals surface area (Å²) in [6, 6.07) is 16.2. The van der Waals surface area contributed by atoms with Crippen molar-refractivity contribution in [3.05, 3.63) is 77.8 Å². The lowest BCUT2D eigenvalue weighted by atomic mass is 9.92. The summed E-state index contributed by atoms with van der Waals surface area (Å²) in [7, 11) is 1.94. The molecule has 1 amide bonds. The van der Waals surface area contributed by atoms with Crippen molar-refractivity contribution in [2.75, 3.05) is 25.0 Å². The summed E-state index contributed by atoms with van der Waals surface area (Å²) in [6.07, 6.45) is 6.38. The first-order valence-corrected chi connectivity index (χ1v) is 10.1. The molecule has 1 atom stereocenters. The van der Waals surface area contributed by atoms with Crippen LogP contribution in [0.15, 0.2) is 65.5 Å². The lowest BCUT2D eigenvalue weighted by Gasteiger charge is -2.21. The van der Waals surface area contributed by atoms with Crippen molar-refractivity contribution in [3.8, 4) is 0 Å². The first-order valence-electron chi connectivity index (χ1n) is 10.1. The second-order valence-corrected chi connectivity index (χ2v) is 7.58. The van der Waals surface area contributed by atoms with Gasteiger partial charge in [-0.25, -0.2) is 4.98 Å². The van der Waals surface area contributed by atoms with Gasteiger partial charge in [-0.15, -0.1) is 0 Å². The highest BCUT2D eigenvalue weighted by molar-refractivity contribution is 5.94. The van der Waals surface area contributed by atoms with Crippen LogP contribution in [-0.2, 0) is 6.54 Å². The summed E-state index contributed by atoms with van der Waals surface area (Å²) >= 11 is 0. The van der Waals surface area contributed by atoms with Crippen molar-refractivity contribution in [1.29, 1.82) is 0 Å². The number of aromatic nitrogens is 2. The molecule has 1 aliphatic heterocycles. The van der Waals surface area contributed by atoms with Crippen LogP contribution in [-0.4, -0.2) is 41.1 Å². The molecule has 0 aliphatic carbocycles. The molecule has 6 nitrogen and oxygen atoms in total. The smallest absolute Gasteiger partial charge is 0.255 e. The van der Waals surface area contributed by atoms with E-state index in [1.54, 1.807) is 12.5 Å². The van der Waals surface area contributed by atoms with Crippen LogP contribution in [0.2, 0.25) is 0 Å². The predicted molar refractivity (Wildman–Crippen MR) is 112 cm³/mol. The lowest BCUT2D eigenvalue weighted by Crippen LogP contribution is -2.32. The van der Waals surface area contributed by atoms with E-state index in [1.807, 2.05) is 35.0 Å². The normalized spacial score (nSPS) is 17.0. The molecule has 0 radical (unpaired) electrons. The van der Waals surface area contributed by atoms with Gasteiger partial charge in [-0.05, 0) is 42.9 Å². The number of nitrogens with zero attached hydrogens (tertiary/aromatic N) is 4. The number of hydrogen-bond acceptors (Lipinski definition) is 5. The Kier molecular flexibility index (Phi) is 5.89. The Balaban J connectivity index is 1.37. The SMILES string of the molecule is CN(Cc1ccon1)c1ccc(C(=O)N2CCC[C@H](c3ccccc3)CC2)cn1. The molecule has 3 heterocycles. The number of rotatable bonds is 5. The van der Waals surface area contributed by atoms with Crippen molar-refractivity contribution in [2.45, 2.75) is 31.7 Å². The lowest BCUT2D eigenvalue weighted by molar-refractivity contribution is 0.0760. The van der Waals surface area contributed by atoms with Crippen LogP contribution in [0.5, 0.6) is 0 Å². The van der Waals surface area contributed by atoms with Crippen LogP contribution < -0.4 is 4.90 Å². The zero-order valence-corrected chi connectivity index (χ0v) is 16.7. The first-order chi connectivity index (χ1) is 14.2. The fourth-order valence-electron chi connectivity index (χ4n) is 3.92. The zero-order chi connectivity index (χ0) is 20.1. The summed E-state index contributed by atoms with van der Waals surface area (Å²) < 4.78 is 4.87. The average molecular weight is 390 g/mol. The van der Waals surface area contributed by atoms with Crippen molar-refractivity contribution < 1.29 is 9.32 Å². The van der Waals surface area contributed by atoms with Crippen molar-refractivity contribution in [1.82, 2.24) is 15.0 Å². The third-order valence-electron chi connectivity index (χ3n) is 5.56.